The smallest absolute Gasteiger partial charge is 0.230 e. The molecule has 3 nitrogen and oxygen atoms in total. The van der Waals surface area contributed by atoms with E-state index in [0.717, 1.165) is 11.3 Å². The summed E-state index contributed by atoms with van der Waals surface area (Å²) in [4.78, 5) is 11.8. The average Bonchev–Trinajstić information content (AvgIpc) is 2.56. The number of carbonyl (C=O) groups excluding carboxylic acids is 1. The molecule has 24 heavy (non-hydrogen) atoms. The van der Waals surface area contributed by atoms with Crippen LogP contribution >= 0.6 is 23.4 Å². The fourth-order valence-electron chi connectivity index (χ4n) is 2.01. The first-order valence-corrected chi connectivity index (χ1v) is 9.12. The van der Waals surface area contributed by atoms with Crippen LogP contribution < -0.4 is 10.1 Å². The van der Waals surface area contributed by atoms with E-state index in [4.69, 9.17) is 16.3 Å². The van der Waals surface area contributed by atoms with Crippen molar-refractivity contribution in [1.29, 1.82) is 0 Å². The first kappa shape index (κ1) is 18.6. The molecule has 0 spiro atoms. The summed E-state index contributed by atoms with van der Waals surface area (Å²) in [6.07, 6.45) is 0. The van der Waals surface area contributed by atoms with Gasteiger partial charge in [0.1, 0.15) is 11.6 Å². The molecule has 0 bridgehead atoms. The number of carbonyl (C=O) groups is 1. The lowest BCUT2D eigenvalue weighted by atomic mass is 10.2. The number of hydrogen-bond acceptors (Lipinski definition) is 3. The molecule has 0 saturated carbocycles. The molecule has 2 aromatic carbocycles. The number of thioether (sulfide) groups is 1. The van der Waals surface area contributed by atoms with Gasteiger partial charge in [-0.2, -0.15) is 0 Å². The van der Waals surface area contributed by atoms with E-state index in [1.165, 1.54) is 17.8 Å². The van der Waals surface area contributed by atoms with Crippen LogP contribution in [0, 0.1) is 5.82 Å². The molecule has 0 radical (unpaired) electrons. The number of ether oxygens (including phenoxy) is 1. The third kappa shape index (κ3) is 6.06. The Balaban J connectivity index is 1.71. The number of halogens is 2. The summed E-state index contributed by atoms with van der Waals surface area (Å²) in [5.41, 5.74) is 1.55. The fourth-order valence-corrected chi connectivity index (χ4v) is 3.02. The third-order valence-corrected chi connectivity index (χ3v) is 4.45. The Hall–Kier alpha value is -1.72. The van der Waals surface area contributed by atoms with Crippen molar-refractivity contribution in [3.05, 3.63) is 64.4 Å². The van der Waals surface area contributed by atoms with Gasteiger partial charge in [-0.1, -0.05) is 29.8 Å². The van der Waals surface area contributed by atoms with E-state index in [2.05, 4.69) is 5.32 Å². The van der Waals surface area contributed by atoms with Crippen molar-refractivity contribution in [1.82, 2.24) is 5.32 Å². The van der Waals surface area contributed by atoms with E-state index >= 15 is 0 Å². The number of rotatable bonds is 8. The molecule has 0 fully saturated rings. The van der Waals surface area contributed by atoms with Gasteiger partial charge in [0, 0.05) is 17.3 Å². The number of hydrogen-bond donors (Lipinski definition) is 1. The lowest BCUT2D eigenvalue weighted by Gasteiger charge is -2.07. The standard InChI is InChI=1S/C18H19ClFNO2S/c1-2-23-16-7-3-13(4-8-16)10-21-18(22)12-24-11-14-5-6-15(19)9-17(14)20/h3-9H,2,10-12H2,1H3,(H,21,22). The molecule has 0 heterocycles. The summed E-state index contributed by atoms with van der Waals surface area (Å²) in [5, 5.41) is 3.21. The molecular weight excluding hydrogens is 349 g/mol. The summed E-state index contributed by atoms with van der Waals surface area (Å²) < 4.78 is 19.0. The maximum atomic E-state index is 13.6. The van der Waals surface area contributed by atoms with Crippen LogP contribution in [0.5, 0.6) is 5.75 Å². The Kier molecular flexibility index (Phi) is 7.40. The highest BCUT2D eigenvalue weighted by molar-refractivity contribution is 7.99. The van der Waals surface area contributed by atoms with E-state index < -0.39 is 0 Å². The second-order valence-electron chi connectivity index (χ2n) is 5.08. The number of amides is 1. The molecule has 0 aromatic heterocycles. The summed E-state index contributed by atoms with van der Waals surface area (Å²) in [6, 6.07) is 12.2. The predicted octanol–water partition coefficient (Wildman–Crippen LogP) is 4.43. The Morgan fingerprint density at radius 1 is 1.25 bits per heavy atom. The molecule has 0 unspecified atom stereocenters. The minimum Gasteiger partial charge on any atom is -0.494 e. The van der Waals surface area contributed by atoms with Gasteiger partial charge in [0.05, 0.1) is 12.4 Å². The maximum Gasteiger partial charge on any atom is 0.230 e. The van der Waals surface area contributed by atoms with Gasteiger partial charge in [0.25, 0.3) is 0 Å². The Morgan fingerprint density at radius 2 is 2.00 bits per heavy atom. The van der Waals surface area contributed by atoms with Crippen LogP contribution in [-0.4, -0.2) is 18.3 Å². The van der Waals surface area contributed by atoms with Gasteiger partial charge in [-0.15, -0.1) is 11.8 Å². The van der Waals surface area contributed by atoms with E-state index in [1.54, 1.807) is 12.1 Å². The van der Waals surface area contributed by atoms with Crippen LogP contribution in [0.1, 0.15) is 18.1 Å². The van der Waals surface area contributed by atoms with Crippen molar-refractivity contribution in [2.24, 2.45) is 0 Å². The molecule has 0 aliphatic heterocycles. The molecule has 2 rings (SSSR count). The summed E-state index contributed by atoms with van der Waals surface area (Å²) in [6.45, 7) is 3.02. The molecule has 0 saturated heterocycles. The van der Waals surface area contributed by atoms with Crippen LogP contribution in [0.25, 0.3) is 0 Å². The Bertz CT molecular complexity index is 679. The zero-order chi connectivity index (χ0) is 17.4. The normalized spacial score (nSPS) is 10.5. The van der Waals surface area contributed by atoms with E-state index in [1.807, 2.05) is 31.2 Å². The molecule has 0 atom stereocenters. The molecule has 1 amide bonds. The van der Waals surface area contributed by atoms with Gasteiger partial charge in [-0.25, -0.2) is 4.39 Å². The average molecular weight is 368 g/mol. The van der Waals surface area contributed by atoms with Crippen LogP contribution in [0.3, 0.4) is 0 Å². The minimum atomic E-state index is -0.343. The molecular formula is C18H19ClFNO2S. The maximum absolute atomic E-state index is 13.6. The zero-order valence-electron chi connectivity index (χ0n) is 13.4. The van der Waals surface area contributed by atoms with Gasteiger partial charge in [-0.3, -0.25) is 4.79 Å². The molecule has 2 aromatic rings. The van der Waals surface area contributed by atoms with Crippen LogP contribution in [0.4, 0.5) is 4.39 Å². The fraction of sp³-hybridized carbons (Fsp3) is 0.278. The van der Waals surface area contributed by atoms with E-state index in [-0.39, 0.29) is 17.5 Å². The summed E-state index contributed by atoms with van der Waals surface area (Å²) in [5.74, 6) is 1.10. The van der Waals surface area contributed by atoms with Crippen molar-refractivity contribution in [2.45, 2.75) is 19.2 Å². The monoisotopic (exact) mass is 367 g/mol. The van der Waals surface area contributed by atoms with Crippen LogP contribution in [0.2, 0.25) is 5.02 Å². The van der Waals surface area contributed by atoms with Crippen LogP contribution in [-0.2, 0) is 17.1 Å². The van der Waals surface area contributed by atoms with Gasteiger partial charge >= 0.3 is 0 Å². The van der Waals surface area contributed by atoms with Crippen LogP contribution in [0.15, 0.2) is 42.5 Å². The van der Waals surface area contributed by atoms with Crippen molar-refractivity contribution in [3.8, 4) is 5.75 Å². The second-order valence-corrected chi connectivity index (χ2v) is 6.50. The predicted molar refractivity (Wildman–Crippen MR) is 97.0 cm³/mol. The first-order valence-electron chi connectivity index (χ1n) is 7.58. The highest BCUT2D eigenvalue weighted by atomic mass is 35.5. The van der Waals surface area contributed by atoms with Crippen molar-refractivity contribution >= 4 is 29.3 Å². The van der Waals surface area contributed by atoms with Crippen molar-refractivity contribution < 1.29 is 13.9 Å². The lowest BCUT2D eigenvalue weighted by molar-refractivity contribution is -0.118. The SMILES string of the molecule is CCOc1ccc(CNC(=O)CSCc2ccc(Cl)cc2F)cc1. The van der Waals surface area contributed by atoms with E-state index in [0.29, 0.717) is 29.5 Å². The van der Waals surface area contributed by atoms with E-state index in [9.17, 15) is 9.18 Å². The van der Waals surface area contributed by atoms with Gasteiger partial charge in [-0.05, 0) is 42.3 Å². The Labute approximate surface area is 150 Å². The van der Waals surface area contributed by atoms with Gasteiger partial charge < -0.3 is 10.1 Å². The highest BCUT2D eigenvalue weighted by Crippen LogP contribution is 2.19. The Morgan fingerprint density at radius 3 is 2.67 bits per heavy atom. The largest absolute Gasteiger partial charge is 0.494 e. The highest BCUT2D eigenvalue weighted by Gasteiger charge is 2.06. The molecule has 6 heteroatoms. The zero-order valence-corrected chi connectivity index (χ0v) is 14.9. The van der Waals surface area contributed by atoms with Gasteiger partial charge in [0.15, 0.2) is 0 Å². The third-order valence-electron chi connectivity index (χ3n) is 3.23. The van der Waals surface area contributed by atoms with Crippen molar-refractivity contribution in [3.63, 3.8) is 0 Å². The van der Waals surface area contributed by atoms with Gasteiger partial charge in [0.2, 0.25) is 5.91 Å². The lowest BCUT2D eigenvalue weighted by Crippen LogP contribution is -2.24. The molecule has 1 N–H and O–H groups in total. The quantitative estimate of drug-likeness (QED) is 0.750. The first-order chi connectivity index (χ1) is 11.6. The number of nitrogens with one attached hydrogen (secondary N) is 1. The molecule has 0 aliphatic rings. The molecule has 128 valence electrons. The topological polar surface area (TPSA) is 38.3 Å². The minimum absolute atomic E-state index is 0.0803. The van der Waals surface area contributed by atoms with Crippen molar-refractivity contribution in [2.75, 3.05) is 12.4 Å². The second kappa shape index (κ2) is 9.55. The summed E-state index contributed by atoms with van der Waals surface area (Å²) >= 11 is 7.07. The molecule has 0 aliphatic carbocycles. The number of benzene rings is 2. The summed E-state index contributed by atoms with van der Waals surface area (Å²) in [7, 11) is 0.